The van der Waals surface area contributed by atoms with Crippen molar-refractivity contribution < 1.29 is 23.8 Å². The number of hydrogen-bond donors (Lipinski definition) is 1. The summed E-state index contributed by atoms with van der Waals surface area (Å²) in [7, 11) is 0. The van der Waals surface area contributed by atoms with Crippen LogP contribution in [0.1, 0.15) is 31.9 Å². The molecule has 2 aromatic carbocycles. The summed E-state index contributed by atoms with van der Waals surface area (Å²) in [6.45, 7) is 3.84. The van der Waals surface area contributed by atoms with E-state index in [0.717, 1.165) is 11.8 Å². The summed E-state index contributed by atoms with van der Waals surface area (Å²) in [5.74, 6) is -0.852. The number of carboxylic acids is 1. The number of fused-ring (bicyclic) bond motifs is 1. The summed E-state index contributed by atoms with van der Waals surface area (Å²) < 4.78 is 11.2. The molecule has 0 unspecified atom stereocenters. The molecule has 0 aliphatic heterocycles. The number of amides is 1. The molecule has 0 bridgehead atoms. The molecule has 0 saturated carbocycles. The van der Waals surface area contributed by atoms with E-state index in [1.54, 1.807) is 30.3 Å². The fraction of sp³-hybridized carbons (Fsp3) is 0.286. The first-order chi connectivity index (χ1) is 13.9. The zero-order valence-electron chi connectivity index (χ0n) is 16.1. The summed E-state index contributed by atoms with van der Waals surface area (Å²) in [5, 5.41) is 14.3. The number of aromatic nitrogens is 1. The van der Waals surface area contributed by atoms with Crippen molar-refractivity contribution in [3.05, 3.63) is 54.1 Å². The quantitative estimate of drug-likeness (QED) is 0.538. The number of carbonyl (C=O) groups is 2. The van der Waals surface area contributed by atoms with E-state index in [1.807, 2.05) is 32.0 Å². The second-order valence-corrected chi connectivity index (χ2v) is 7.59. The highest BCUT2D eigenvalue weighted by atomic mass is 32.2. The van der Waals surface area contributed by atoms with Gasteiger partial charge in [-0.05, 0) is 43.7 Å². The minimum atomic E-state index is -1.25. The topological polar surface area (TPSA) is 104 Å². The number of hydrogen-bond acceptors (Lipinski definition) is 7. The number of nitrogens with zero attached hydrogens (tertiary/aromatic N) is 1. The van der Waals surface area contributed by atoms with Gasteiger partial charge in [-0.25, -0.2) is 4.98 Å². The lowest BCUT2D eigenvalue weighted by Crippen LogP contribution is -2.35. The Kier molecular flexibility index (Phi) is 6.77. The maximum atomic E-state index is 12.4. The number of oxazole rings is 1. The Morgan fingerprint density at radius 1 is 1.17 bits per heavy atom. The van der Waals surface area contributed by atoms with E-state index in [2.05, 4.69) is 10.3 Å². The summed E-state index contributed by atoms with van der Waals surface area (Å²) >= 11 is 1.15. The zero-order valence-corrected chi connectivity index (χ0v) is 16.9. The maximum Gasteiger partial charge on any atom is 0.257 e. The SMILES string of the molecule is CC(C)Oc1ccc([C@H](CC(=O)[O-])NC(=O)CSc2nc3ccccc3o2)cc1. The number of aliphatic carboxylic acids is 1. The highest BCUT2D eigenvalue weighted by Crippen LogP contribution is 2.24. The first-order valence-corrected chi connectivity index (χ1v) is 10.1. The molecule has 0 aliphatic carbocycles. The zero-order chi connectivity index (χ0) is 20.8. The molecule has 0 saturated heterocycles. The second kappa shape index (κ2) is 9.47. The van der Waals surface area contributed by atoms with Gasteiger partial charge < -0.3 is 24.4 Å². The van der Waals surface area contributed by atoms with Gasteiger partial charge in [-0.1, -0.05) is 36.0 Å². The van der Waals surface area contributed by atoms with Crippen molar-refractivity contribution in [1.29, 1.82) is 0 Å². The molecule has 1 aromatic heterocycles. The number of carbonyl (C=O) groups excluding carboxylic acids is 2. The Morgan fingerprint density at radius 2 is 1.90 bits per heavy atom. The van der Waals surface area contributed by atoms with E-state index in [0.29, 0.717) is 27.6 Å². The summed E-state index contributed by atoms with van der Waals surface area (Å²) in [6, 6.07) is 13.6. The van der Waals surface area contributed by atoms with Crippen LogP contribution in [0.2, 0.25) is 0 Å². The van der Waals surface area contributed by atoms with E-state index in [1.165, 1.54) is 0 Å². The lowest BCUT2D eigenvalue weighted by atomic mass is 10.0. The Morgan fingerprint density at radius 3 is 2.55 bits per heavy atom. The fourth-order valence-electron chi connectivity index (χ4n) is 2.75. The first kappa shape index (κ1) is 20.7. The largest absolute Gasteiger partial charge is 0.550 e. The van der Waals surface area contributed by atoms with Crippen LogP contribution in [0.25, 0.3) is 11.1 Å². The van der Waals surface area contributed by atoms with Gasteiger partial charge in [0.25, 0.3) is 5.22 Å². The average Bonchev–Trinajstić information content (AvgIpc) is 3.09. The minimum absolute atomic E-state index is 0.0310. The van der Waals surface area contributed by atoms with Gasteiger partial charge in [0.1, 0.15) is 11.3 Å². The van der Waals surface area contributed by atoms with Crippen LogP contribution in [0.3, 0.4) is 0 Å². The van der Waals surface area contributed by atoms with Gasteiger partial charge in [-0.15, -0.1) is 0 Å². The van der Waals surface area contributed by atoms with Crippen LogP contribution in [0.15, 0.2) is 58.2 Å². The molecule has 1 heterocycles. The van der Waals surface area contributed by atoms with E-state index >= 15 is 0 Å². The molecule has 29 heavy (non-hydrogen) atoms. The molecular weight excluding hydrogens is 392 g/mol. The minimum Gasteiger partial charge on any atom is -0.550 e. The Balaban J connectivity index is 1.62. The van der Waals surface area contributed by atoms with Gasteiger partial charge >= 0.3 is 0 Å². The number of thioether (sulfide) groups is 1. The molecular formula is C21H21N2O5S-. The van der Waals surface area contributed by atoms with Gasteiger partial charge in [0.2, 0.25) is 5.91 Å². The van der Waals surface area contributed by atoms with Crippen molar-refractivity contribution in [1.82, 2.24) is 10.3 Å². The highest BCUT2D eigenvalue weighted by molar-refractivity contribution is 7.99. The second-order valence-electron chi connectivity index (χ2n) is 6.67. The summed E-state index contributed by atoms with van der Waals surface area (Å²) in [6.07, 6.45) is -0.299. The number of benzene rings is 2. The number of para-hydroxylation sites is 2. The van der Waals surface area contributed by atoms with Crippen LogP contribution in [0.5, 0.6) is 5.75 Å². The van der Waals surface area contributed by atoms with Gasteiger partial charge in [-0.2, -0.15) is 0 Å². The molecule has 1 atom stereocenters. The Labute approximate surface area is 172 Å². The van der Waals surface area contributed by atoms with Crippen LogP contribution in [0, 0.1) is 0 Å². The lowest BCUT2D eigenvalue weighted by molar-refractivity contribution is -0.306. The fourth-order valence-corrected chi connectivity index (χ4v) is 3.40. The first-order valence-electron chi connectivity index (χ1n) is 9.15. The van der Waals surface area contributed by atoms with E-state index in [-0.39, 0.29) is 24.2 Å². The van der Waals surface area contributed by atoms with Crippen molar-refractivity contribution in [2.75, 3.05) is 5.75 Å². The third kappa shape index (κ3) is 5.99. The Hall–Kier alpha value is -3.00. The standard InChI is InChI=1S/C21H22N2O5S/c1-13(2)27-15-9-7-14(8-10-15)17(11-20(25)26)22-19(24)12-29-21-23-16-5-3-4-6-18(16)28-21/h3-10,13,17H,11-12H2,1-2H3,(H,22,24)(H,25,26)/p-1/t17-/m0/s1. The third-order valence-corrected chi connectivity index (χ3v) is 4.79. The molecule has 3 rings (SSSR count). The monoisotopic (exact) mass is 413 g/mol. The number of carboxylic acid groups (broad SMARTS) is 1. The van der Waals surface area contributed by atoms with Gasteiger partial charge in [-0.3, -0.25) is 4.79 Å². The maximum absolute atomic E-state index is 12.4. The molecule has 3 aromatic rings. The molecule has 0 radical (unpaired) electrons. The van der Waals surface area contributed by atoms with Crippen LogP contribution in [0.4, 0.5) is 0 Å². The van der Waals surface area contributed by atoms with Gasteiger partial charge in [0.05, 0.1) is 17.9 Å². The number of rotatable bonds is 9. The molecule has 152 valence electrons. The summed E-state index contributed by atoms with van der Waals surface area (Å²) in [5.41, 5.74) is 2.02. The lowest BCUT2D eigenvalue weighted by Gasteiger charge is -2.20. The van der Waals surface area contributed by atoms with Crippen LogP contribution >= 0.6 is 11.8 Å². The van der Waals surface area contributed by atoms with E-state index in [9.17, 15) is 14.7 Å². The predicted molar refractivity (Wildman–Crippen MR) is 107 cm³/mol. The van der Waals surface area contributed by atoms with Crippen molar-refractivity contribution >= 4 is 34.7 Å². The van der Waals surface area contributed by atoms with E-state index < -0.39 is 12.0 Å². The normalized spacial score (nSPS) is 12.1. The molecule has 0 spiro atoms. The van der Waals surface area contributed by atoms with Crippen LogP contribution in [-0.2, 0) is 9.59 Å². The van der Waals surface area contributed by atoms with E-state index in [4.69, 9.17) is 9.15 Å². The van der Waals surface area contributed by atoms with Crippen molar-refractivity contribution in [3.63, 3.8) is 0 Å². The predicted octanol–water partition coefficient (Wildman–Crippen LogP) is 2.70. The molecule has 7 nitrogen and oxygen atoms in total. The van der Waals surface area contributed by atoms with Crippen molar-refractivity contribution in [3.8, 4) is 5.75 Å². The number of ether oxygens (including phenoxy) is 1. The third-order valence-electron chi connectivity index (χ3n) is 3.96. The number of nitrogens with one attached hydrogen (secondary N) is 1. The smallest absolute Gasteiger partial charge is 0.257 e. The molecule has 0 aliphatic rings. The molecule has 8 heteroatoms. The molecule has 1 amide bonds. The van der Waals surface area contributed by atoms with Gasteiger partial charge in [0, 0.05) is 12.4 Å². The van der Waals surface area contributed by atoms with Crippen molar-refractivity contribution in [2.24, 2.45) is 0 Å². The summed E-state index contributed by atoms with van der Waals surface area (Å²) in [4.78, 5) is 27.8. The highest BCUT2D eigenvalue weighted by Gasteiger charge is 2.17. The van der Waals surface area contributed by atoms with Crippen molar-refractivity contribution in [2.45, 2.75) is 37.6 Å². The molecule has 0 fully saturated rings. The van der Waals surface area contributed by atoms with Gasteiger partial charge in [0.15, 0.2) is 5.58 Å². The van der Waals surface area contributed by atoms with Crippen LogP contribution in [-0.4, -0.2) is 28.7 Å². The van der Waals surface area contributed by atoms with Crippen LogP contribution < -0.4 is 15.2 Å². The average molecular weight is 413 g/mol. The Bertz CT molecular complexity index is 951. The molecule has 1 N–H and O–H groups in total.